The maximum atomic E-state index is 4.89. The van der Waals surface area contributed by atoms with Crippen molar-refractivity contribution in [3.05, 3.63) is 164 Å². The lowest BCUT2D eigenvalue weighted by atomic mass is 9.98. The highest BCUT2D eigenvalue weighted by Gasteiger charge is 2.18. The molecule has 0 aliphatic rings. The van der Waals surface area contributed by atoms with Crippen molar-refractivity contribution in [2.45, 2.75) is 0 Å². The van der Waals surface area contributed by atoms with E-state index in [1.165, 1.54) is 49.4 Å². The summed E-state index contributed by atoms with van der Waals surface area (Å²) in [6.07, 6.45) is 1.89. The SMILES string of the molecule is c1ccc(-c2cccc(-n3c4ccc(-c5cccc6c5c5ccccc5n6-c5ccccc5)cc4c4cccnc43)c2)cc1. The molecule has 0 spiro atoms. The molecule has 3 heteroatoms. The molecule has 0 aliphatic heterocycles. The van der Waals surface area contributed by atoms with Gasteiger partial charge in [0.2, 0.25) is 0 Å². The van der Waals surface area contributed by atoms with Crippen LogP contribution in [-0.2, 0) is 0 Å². The number of nitrogens with zero attached hydrogens (tertiary/aromatic N) is 3. The summed E-state index contributed by atoms with van der Waals surface area (Å²) in [4.78, 5) is 4.89. The molecular formula is C41H27N3. The lowest BCUT2D eigenvalue weighted by Crippen LogP contribution is -1.95. The number of fused-ring (bicyclic) bond motifs is 6. The molecule has 206 valence electrons. The van der Waals surface area contributed by atoms with Gasteiger partial charge in [-0.25, -0.2) is 4.98 Å². The Morgan fingerprint density at radius 3 is 1.95 bits per heavy atom. The van der Waals surface area contributed by atoms with E-state index in [-0.39, 0.29) is 0 Å². The quantitative estimate of drug-likeness (QED) is 0.210. The molecule has 44 heavy (non-hydrogen) atoms. The van der Waals surface area contributed by atoms with Crippen molar-refractivity contribution in [3.8, 4) is 33.6 Å². The molecule has 0 N–H and O–H groups in total. The van der Waals surface area contributed by atoms with E-state index >= 15 is 0 Å². The van der Waals surface area contributed by atoms with Crippen LogP contribution in [0.4, 0.5) is 0 Å². The minimum Gasteiger partial charge on any atom is -0.309 e. The lowest BCUT2D eigenvalue weighted by molar-refractivity contribution is 1.14. The van der Waals surface area contributed by atoms with E-state index < -0.39 is 0 Å². The van der Waals surface area contributed by atoms with Crippen LogP contribution in [0.2, 0.25) is 0 Å². The highest BCUT2D eigenvalue weighted by atomic mass is 15.0. The molecule has 0 amide bonds. The van der Waals surface area contributed by atoms with Crippen molar-refractivity contribution in [2.24, 2.45) is 0 Å². The van der Waals surface area contributed by atoms with Gasteiger partial charge in [-0.3, -0.25) is 4.57 Å². The van der Waals surface area contributed by atoms with Gasteiger partial charge in [-0.05, 0) is 82.9 Å². The van der Waals surface area contributed by atoms with E-state index in [9.17, 15) is 0 Å². The maximum absolute atomic E-state index is 4.89. The van der Waals surface area contributed by atoms with Crippen molar-refractivity contribution >= 4 is 43.7 Å². The second-order valence-electron chi connectivity index (χ2n) is 11.2. The smallest absolute Gasteiger partial charge is 0.145 e. The molecule has 3 nitrogen and oxygen atoms in total. The molecular weight excluding hydrogens is 534 g/mol. The van der Waals surface area contributed by atoms with Gasteiger partial charge in [0.1, 0.15) is 5.65 Å². The molecule has 0 radical (unpaired) electrons. The second kappa shape index (κ2) is 9.82. The topological polar surface area (TPSA) is 22.8 Å². The number of hydrogen-bond donors (Lipinski definition) is 0. The number of hydrogen-bond acceptors (Lipinski definition) is 1. The van der Waals surface area contributed by atoms with Gasteiger partial charge in [0, 0.05) is 39.1 Å². The molecule has 3 aromatic heterocycles. The number of para-hydroxylation sites is 2. The molecule has 0 bridgehead atoms. The van der Waals surface area contributed by atoms with Gasteiger partial charge >= 0.3 is 0 Å². The van der Waals surface area contributed by atoms with Crippen molar-refractivity contribution < 1.29 is 0 Å². The normalized spacial score (nSPS) is 11.6. The molecule has 0 unspecified atom stereocenters. The van der Waals surface area contributed by atoms with Crippen molar-refractivity contribution in [2.75, 3.05) is 0 Å². The third-order valence-electron chi connectivity index (χ3n) is 8.76. The summed E-state index contributed by atoms with van der Waals surface area (Å²) in [5.41, 5.74) is 11.6. The van der Waals surface area contributed by atoms with Crippen LogP contribution < -0.4 is 0 Å². The van der Waals surface area contributed by atoms with E-state index in [4.69, 9.17) is 4.98 Å². The summed E-state index contributed by atoms with van der Waals surface area (Å²) in [7, 11) is 0. The van der Waals surface area contributed by atoms with Gasteiger partial charge in [0.25, 0.3) is 0 Å². The zero-order valence-corrected chi connectivity index (χ0v) is 23.9. The molecule has 6 aromatic carbocycles. The fourth-order valence-electron chi connectivity index (χ4n) is 6.85. The van der Waals surface area contributed by atoms with Crippen LogP contribution >= 0.6 is 0 Å². The Morgan fingerprint density at radius 2 is 1.07 bits per heavy atom. The summed E-state index contributed by atoms with van der Waals surface area (Å²) >= 11 is 0. The Morgan fingerprint density at radius 1 is 0.386 bits per heavy atom. The Kier molecular flexibility index (Phi) is 5.50. The molecule has 9 rings (SSSR count). The van der Waals surface area contributed by atoms with Crippen molar-refractivity contribution in [1.82, 2.24) is 14.1 Å². The molecule has 0 saturated heterocycles. The molecule has 0 aliphatic carbocycles. The summed E-state index contributed by atoms with van der Waals surface area (Å²) in [6.45, 7) is 0. The van der Waals surface area contributed by atoms with E-state index in [1.807, 2.05) is 12.3 Å². The van der Waals surface area contributed by atoms with Crippen LogP contribution in [-0.4, -0.2) is 14.1 Å². The number of rotatable bonds is 4. The van der Waals surface area contributed by atoms with E-state index in [0.717, 1.165) is 27.9 Å². The van der Waals surface area contributed by atoms with Crippen LogP contribution in [0.3, 0.4) is 0 Å². The average molecular weight is 562 g/mol. The van der Waals surface area contributed by atoms with Crippen LogP contribution in [0.25, 0.3) is 77.4 Å². The van der Waals surface area contributed by atoms with Gasteiger partial charge in [0.15, 0.2) is 0 Å². The largest absolute Gasteiger partial charge is 0.309 e. The zero-order chi connectivity index (χ0) is 29.0. The Bertz CT molecular complexity index is 2480. The zero-order valence-electron chi connectivity index (χ0n) is 23.9. The van der Waals surface area contributed by atoms with E-state index in [2.05, 4.69) is 161 Å². The number of pyridine rings is 1. The third kappa shape index (κ3) is 3.73. The van der Waals surface area contributed by atoms with Crippen LogP contribution in [0, 0.1) is 0 Å². The van der Waals surface area contributed by atoms with Crippen LogP contribution in [0.15, 0.2) is 164 Å². The first-order valence-electron chi connectivity index (χ1n) is 15.0. The van der Waals surface area contributed by atoms with Crippen LogP contribution in [0.1, 0.15) is 0 Å². The first kappa shape index (κ1) is 24.6. The second-order valence-corrected chi connectivity index (χ2v) is 11.2. The minimum atomic E-state index is 0.962. The van der Waals surface area contributed by atoms with E-state index in [1.54, 1.807) is 0 Å². The molecule has 0 atom stereocenters. The monoisotopic (exact) mass is 561 g/mol. The van der Waals surface area contributed by atoms with Gasteiger partial charge in [-0.15, -0.1) is 0 Å². The van der Waals surface area contributed by atoms with Gasteiger partial charge in [-0.1, -0.05) is 97.1 Å². The highest BCUT2D eigenvalue weighted by molar-refractivity contribution is 6.17. The summed E-state index contributed by atoms with van der Waals surface area (Å²) in [6, 6.07) is 56.4. The summed E-state index contributed by atoms with van der Waals surface area (Å²) < 4.78 is 4.67. The van der Waals surface area contributed by atoms with Crippen LogP contribution in [0.5, 0.6) is 0 Å². The first-order valence-corrected chi connectivity index (χ1v) is 15.0. The highest BCUT2D eigenvalue weighted by Crippen LogP contribution is 2.40. The Labute approximate surface area is 254 Å². The first-order chi connectivity index (χ1) is 21.8. The lowest BCUT2D eigenvalue weighted by Gasteiger charge is -2.11. The van der Waals surface area contributed by atoms with Gasteiger partial charge in [0.05, 0.1) is 16.6 Å². The molecule has 0 saturated carbocycles. The van der Waals surface area contributed by atoms with Crippen molar-refractivity contribution in [3.63, 3.8) is 0 Å². The minimum absolute atomic E-state index is 0.962. The number of benzene rings is 6. The standard InChI is InChI=1S/C41H27N3/c1-3-12-28(13-4-1)29-14-9-17-32(26-29)44-38-24-23-30(27-36(38)34-20-11-25-42-41(34)44)33-19-10-22-39-40(33)35-18-7-8-21-37(35)43(39)31-15-5-2-6-16-31/h1-27H. The number of aromatic nitrogens is 3. The summed E-state index contributed by atoms with van der Waals surface area (Å²) in [5.74, 6) is 0. The Hall–Kier alpha value is -5.93. The fourth-order valence-corrected chi connectivity index (χ4v) is 6.85. The predicted octanol–water partition coefficient (Wildman–Crippen LogP) is 10.6. The molecule has 9 aromatic rings. The third-order valence-corrected chi connectivity index (χ3v) is 8.76. The van der Waals surface area contributed by atoms with Crippen molar-refractivity contribution in [1.29, 1.82) is 0 Å². The average Bonchev–Trinajstić information content (AvgIpc) is 3.62. The molecule has 0 fully saturated rings. The Balaban J connectivity index is 1.29. The fraction of sp³-hybridized carbons (Fsp3) is 0. The maximum Gasteiger partial charge on any atom is 0.145 e. The van der Waals surface area contributed by atoms with E-state index in [0.29, 0.717) is 0 Å². The molecule has 3 heterocycles. The van der Waals surface area contributed by atoms with Gasteiger partial charge < -0.3 is 4.57 Å². The summed E-state index contributed by atoms with van der Waals surface area (Å²) in [5, 5.41) is 4.86. The predicted molar refractivity (Wildman–Crippen MR) is 184 cm³/mol. The van der Waals surface area contributed by atoms with Gasteiger partial charge in [-0.2, -0.15) is 0 Å².